The number of hydrogen-bond acceptors (Lipinski definition) is 9. The zero-order chi connectivity index (χ0) is 28.6. The van der Waals surface area contributed by atoms with E-state index in [9.17, 15) is 9.59 Å². The molecule has 5 rings (SSSR count). The molecule has 2 aromatic heterocycles. The molecule has 216 valence electrons. The third-order valence-corrected chi connectivity index (χ3v) is 7.39. The van der Waals surface area contributed by atoms with Crippen LogP contribution in [0.2, 0.25) is 5.02 Å². The van der Waals surface area contributed by atoms with Gasteiger partial charge in [0, 0.05) is 47.8 Å². The Bertz CT molecular complexity index is 1390. The molecule has 1 saturated carbocycles. The average molecular weight is 582 g/mol. The Morgan fingerprint density at radius 2 is 2.10 bits per heavy atom. The summed E-state index contributed by atoms with van der Waals surface area (Å²) in [6.07, 6.45) is 4.97. The molecule has 3 aromatic rings. The van der Waals surface area contributed by atoms with Gasteiger partial charge >= 0.3 is 5.91 Å². The Morgan fingerprint density at radius 3 is 2.93 bits per heavy atom. The van der Waals surface area contributed by atoms with Crippen LogP contribution in [0.25, 0.3) is 11.5 Å². The molecule has 3 heterocycles. The van der Waals surface area contributed by atoms with Gasteiger partial charge in [-0.2, -0.15) is 0 Å². The van der Waals surface area contributed by atoms with E-state index in [1.54, 1.807) is 36.5 Å². The first-order valence-corrected chi connectivity index (χ1v) is 14.3. The highest BCUT2D eigenvalue weighted by Gasteiger charge is 2.34. The predicted molar refractivity (Wildman–Crippen MR) is 150 cm³/mol. The van der Waals surface area contributed by atoms with E-state index in [0.29, 0.717) is 85.3 Å². The quantitative estimate of drug-likeness (QED) is 0.341. The van der Waals surface area contributed by atoms with Crippen LogP contribution < -0.4 is 20.7 Å². The van der Waals surface area contributed by atoms with Gasteiger partial charge in [-0.25, -0.2) is 15.1 Å². The first-order valence-electron chi connectivity index (χ1n) is 13.9. The Labute approximate surface area is 243 Å². The Hall–Kier alpha value is -3.80. The number of nitrogens with one attached hydrogen (secondary N) is 2. The summed E-state index contributed by atoms with van der Waals surface area (Å²) >= 11 is 6.22. The minimum absolute atomic E-state index is 0.0910. The monoisotopic (exact) mass is 581 g/mol. The van der Waals surface area contributed by atoms with Crippen LogP contribution in [0.4, 0.5) is 5.82 Å². The van der Waals surface area contributed by atoms with Crippen molar-refractivity contribution in [2.45, 2.75) is 44.9 Å². The molecule has 2 atom stereocenters. The van der Waals surface area contributed by atoms with Crippen LogP contribution >= 0.6 is 11.6 Å². The fourth-order valence-corrected chi connectivity index (χ4v) is 5.31. The highest BCUT2D eigenvalue weighted by Crippen LogP contribution is 2.38. The lowest BCUT2D eigenvalue weighted by Crippen LogP contribution is -2.84. The maximum Gasteiger partial charge on any atom is 0.367 e. The lowest BCUT2D eigenvalue weighted by Gasteiger charge is -2.26. The molecule has 0 radical (unpaired) electrons. The van der Waals surface area contributed by atoms with E-state index >= 15 is 0 Å². The van der Waals surface area contributed by atoms with Gasteiger partial charge in [0.05, 0.1) is 25.4 Å². The summed E-state index contributed by atoms with van der Waals surface area (Å²) in [7, 11) is 0. The summed E-state index contributed by atoms with van der Waals surface area (Å²) in [4.78, 5) is 31.2. The number of quaternary nitrogens is 1. The molecule has 1 saturated heterocycles. The van der Waals surface area contributed by atoms with Gasteiger partial charge in [-0.05, 0) is 50.5 Å². The summed E-state index contributed by atoms with van der Waals surface area (Å²) in [5, 5.41) is 16.7. The summed E-state index contributed by atoms with van der Waals surface area (Å²) < 4.78 is 17.3. The lowest BCUT2D eigenvalue weighted by atomic mass is 9.81. The normalized spacial score (nSPS) is 20.4. The number of carbonyl (C=O) groups is 2. The molecule has 2 amide bonds. The fraction of sp³-hybridized carbons (Fsp3) is 0.414. The fourth-order valence-electron chi connectivity index (χ4n) is 5.14. The van der Waals surface area contributed by atoms with E-state index < -0.39 is 0 Å². The number of nitrogens with zero attached hydrogens (tertiary/aromatic N) is 3. The second kappa shape index (κ2) is 13.7. The highest BCUT2D eigenvalue weighted by molar-refractivity contribution is 6.30. The van der Waals surface area contributed by atoms with Crippen LogP contribution in [0.1, 0.15) is 50.8 Å². The van der Waals surface area contributed by atoms with Crippen molar-refractivity contribution in [2.24, 2.45) is 5.92 Å². The molecule has 2 aliphatic rings. The molecule has 2 fully saturated rings. The van der Waals surface area contributed by atoms with Crippen molar-refractivity contribution in [3.8, 4) is 17.2 Å². The van der Waals surface area contributed by atoms with Gasteiger partial charge in [-0.15, -0.1) is 10.2 Å². The number of halogens is 1. The van der Waals surface area contributed by atoms with Crippen LogP contribution in [0, 0.1) is 5.92 Å². The number of amides is 2. The maximum atomic E-state index is 13.6. The number of aromatic nitrogens is 3. The number of rotatable bonds is 8. The molecule has 0 spiro atoms. The number of primary amides is 1. The molecular weight excluding hydrogens is 548 g/mol. The lowest BCUT2D eigenvalue weighted by molar-refractivity contribution is -0.483. The summed E-state index contributed by atoms with van der Waals surface area (Å²) in [6, 6.07) is 10.6. The van der Waals surface area contributed by atoms with Gasteiger partial charge in [-0.3, -0.25) is 4.79 Å². The minimum Gasteiger partial charge on any atom is -0.493 e. The minimum atomic E-state index is -0.325. The number of benzene rings is 1. The topological polar surface area (TPSA) is 145 Å². The Morgan fingerprint density at radius 1 is 1.20 bits per heavy atom. The van der Waals surface area contributed by atoms with Crippen molar-refractivity contribution >= 4 is 29.2 Å². The number of nitrogens with two attached hydrogens (primary N) is 1. The second-order valence-corrected chi connectivity index (χ2v) is 10.4. The third kappa shape index (κ3) is 7.29. The molecule has 41 heavy (non-hydrogen) atoms. The van der Waals surface area contributed by atoms with Crippen molar-refractivity contribution in [2.75, 3.05) is 26.4 Å². The Kier molecular flexibility index (Phi) is 9.60. The molecule has 0 unspecified atom stereocenters. The molecule has 0 bridgehead atoms. The SMILES string of the molecule is CCOc1ccc(Cl)cc1-c1nnc([C@H]2CCC[C@@H](C(=O)N/C(C(=O)[NH2+]c3ccccn3)=C3\CCOCCN3)C2)o1. The zero-order valence-corrected chi connectivity index (χ0v) is 23.7. The van der Waals surface area contributed by atoms with Crippen LogP contribution in [-0.2, 0) is 14.3 Å². The van der Waals surface area contributed by atoms with Crippen molar-refractivity contribution in [1.29, 1.82) is 0 Å². The van der Waals surface area contributed by atoms with Gasteiger partial charge in [0.1, 0.15) is 5.75 Å². The molecule has 1 aliphatic heterocycles. The summed E-state index contributed by atoms with van der Waals surface area (Å²) in [6.45, 7) is 3.92. The summed E-state index contributed by atoms with van der Waals surface area (Å²) in [5.41, 5.74) is 1.52. The second-order valence-electron chi connectivity index (χ2n) is 9.97. The van der Waals surface area contributed by atoms with Gasteiger partial charge in [0.25, 0.3) is 5.89 Å². The first kappa shape index (κ1) is 28.7. The van der Waals surface area contributed by atoms with E-state index in [0.717, 1.165) is 12.8 Å². The van der Waals surface area contributed by atoms with E-state index in [1.165, 1.54) is 5.32 Å². The molecule has 1 aliphatic carbocycles. The van der Waals surface area contributed by atoms with Crippen molar-refractivity contribution in [1.82, 2.24) is 25.8 Å². The van der Waals surface area contributed by atoms with Crippen LogP contribution in [0.5, 0.6) is 5.75 Å². The molecular formula is C29H34ClN6O5+. The molecule has 1 aromatic carbocycles. The summed E-state index contributed by atoms with van der Waals surface area (Å²) in [5.74, 6) is 0.982. The first-order chi connectivity index (χ1) is 20.0. The number of carbonyl (C=O) groups excluding carboxylic acids is 2. The molecule has 11 nitrogen and oxygen atoms in total. The Balaban J connectivity index is 1.31. The largest absolute Gasteiger partial charge is 0.493 e. The third-order valence-electron chi connectivity index (χ3n) is 7.15. The average Bonchev–Trinajstić information content (AvgIpc) is 3.33. The standard InChI is InChI=1S/C29H33ClN6O5/c1-2-40-23-10-9-20(30)17-21(23)29-36-35-28(41-29)19-7-5-6-18(16-19)26(37)34-25(22-11-14-39-15-13-31-22)27(38)33-24-8-3-4-12-32-24/h3-4,8-10,12,17-19,31H,2,5-7,11,13-16H2,1H3,(H,34,37)(H,32,33,38)/p+1/b25-22+/t18-,19+/m1/s1. The van der Waals surface area contributed by atoms with E-state index in [4.69, 9.17) is 25.5 Å². The van der Waals surface area contributed by atoms with Crippen LogP contribution in [-0.4, -0.2) is 53.4 Å². The smallest absolute Gasteiger partial charge is 0.367 e. The van der Waals surface area contributed by atoms with Gasteiger partial charge in [0.2, 0.25) is 17.6 Å². The van der Waals surface area contributed by atoms with Crippen molar-refractivity contribution in [3.63, 3.8) is 0 Å². The van der Waals surface area contributed by atoms with Crippen molar-refractivity contribution < 1.29 is 28.8 Å². The number of ether oxygens (including phenoxy) is 2. The van der Waals surface area contributed by atoms with E-state index in [1.807, 2.05) is 13.0 Å². The van der Waals surface area contributed by atoms with Crippen molar-refractivity contribution in [3.05, 3.63) is 64.9 Å². The number of pyridine rings is 1. The van der Waals surface area contributed by atoms with E-state index in [-0.39, 0.29) is 29.3 Å². The van der Waals surface area contributed by atoms with Crippen LogP contribution in [0.15, 0.2) is 58.4 Å². The molecule has 12 heteroatoms. The van der Waals surface area contributed by atoms with Gasteiger partial charge in [-0.1, -0.05) is 24.1 Å². The maximum absolute atomic E-state index is 13.6. The van der Waals surface area contributed by atoms with E-state index in [2.05, 4.69) is 25.8 Å². The zero-order valence-electron chi connectivity index (χ0n) is 22.9. The highest BCUT2D eigenvalue weighted by atomic mass is 35.5. The predicted octanol–water partition coefficient (Wildman–Crippen LogP) is 3.22. The number of hydrogen-bond donors (Lipinski definition) is 3. The van der Waals surface area contributed by atoms with Gasteiger partial charge < -0.3 is 24.5 Å². The van der Waals surface area contributed by atoms with Crippen LogP contribution in [0.3, 0.4) is 0 Å². The molecule has 4 N–H and O–H groups in total. The van der Waals surface area contributed by atoms with Gasteiger partial charge in [0.15, 0.2) is 5.70 Å².